The van der Waals surface area contributed by atoms with Crippen LogP contribution in [0.3, 0.4) is 0 Å². The normalized spacial score (nSPS) is 24.2. The van der Waals surface area contributed by atoms with Gasteiger partial charge in [-0.05, 0) is 55.2 Å². The summed E-state index contributed by atoms with van der Waals surface area (Å²) in [6.07, 6.45) is 3.14. The van der Waals surface area contributed by atoms with Crippen LogP contribution in [0.5, 0.6) is 0 Å². The van der Waals surface area contributed by atoms with E-state index in [1.165, 1.54) is 0 Å². The fraction of sp³-hybridized carbons (Fsp3) is 0.667. The van der Waals surface area contributed by atoms with Crippen LogP contribution in [-0.2, 0) is 10.0 Å². The zero-order valence-electron chi connectivity index (χ0n) is 16.9. The van der Waals surface area contributed by atoms with E-state index in [9.17, 15) is 13.2 Å². The van der Waals surface area contributed by atoms with Gasteiger partial charge in [0.05, 0.1) is 4.90 Å². The Balaban J connectivity index is 1.85. The van der Waals surface area contributed by atoms with Gasteiger partial charge in [0.15, 0.2) is 0 Å². The van der Waals surface area contributed by atoms with Gasteiger partial charge < -0.3 is 4.90 Å². The first-order valence-electron chi connectivity index (χ1n) is 10.1. The van der Waals surface area contributed by atoms with Crippen LogP contribution in [0.4, 0.5) is 0 Å². The van der Waals surface area contributed by atoms with Gasteiger partial charge in [0.1, 0.15) is 0 Å². The molecule has 0 spiro atoms. The number of amides is 1. The van der Waals surface area contributed by atoms with E-state index >= 15 is 0 Å². The predicted octanol–water partition coefficient (Wildman–Crippen LogP) is 3.61. The maximum absolute atomic E-state index is 13.1. The molecule has 0 N–H and O–H groups in total. The molecule has 5 nitrogen and oxygen atoms in total. The lowest BCUT2D eigenvalue weighted by molar-refractivity contribution is 0.0722. The Bertz CT molecular complexity index is 776. The number of hydrogen-bond acceptors (Lipinski definition) is 3. The number of nitrogens with zero attached hydrogens (tertiary/aromatic N) is 2. The van der Waals surface area contributed by atoms with Gasteiger partial charge in [-0.25, -0.2) is 8.42 Å². The second-order valence-electron chi connectivity index (χ2n) is 8.88. The Kier molecular flexibility index (Phi) is 5.96. The van der Waals surface area contributed by atoms with Crippen LogP contribution in [0.2, 0.25) is 0 Å². The van der Waals surface area contributed by atoms with Crippen molar-refractivity contribution in [2.75, 3.05) is 19.6 Å². The summed E-state index contributed by atoms with van der Waals surface area (Å²) in [4.78, 5) is 15.2. The number of carbonyl (C=O) groups excluding carboxylic acids is 1. The summed E-state index contributed by atoms with van der Waals surface area (Å²) in [6, 6.07) is 6.91. The van der Waals surface area contributed by atoms with Crippen molar-refractivity contribution in [3.63, 3.8) is 0 Å². The highest BCUT2D eigenvalue weighted by Crippen LogP contribution is 2.30. The molecule has 6 heteroatoms. The first kappa shape index (κ1) is 20.3. The molecule has 1 heterocycles. The molecule has 3 rings (SSSR count). The second kappa shape index (κ2) is 7.92. The first-order chi connectivity index (χ1) is 12.7. The van der Waals surface area contributed by atoms with E-state index in [0.717, 1.165) is 19.3 Å². The van der Waals surface area contributed by atoms with Gasteiger partial charge in [-0.1, -0.05) is 33.8 Å². The Morgan fingerprint density at radius 2 is 1.81 bits per heavy atom. The average molecular weight is 393 g/mol. The number of benzene rings is 1. The van der Waals surface area contributed by atoms with Crippen molar-refractivity contribution in [3.05, 3.63) is 29.8 Å². The smallest absolute Gasteiger partial charge is 0.254 e. The van der Waals surface area contributed by atoms with Crippen LogP contribution in [-0.4, -0.2) is 49.2 Å². The quantitative estimate of drug-likeness (QED) is 0.743. The van der Waals surface area contributed by atoms with Gasteiger partial charge in [-0.15, -0.1) is 0 Å². The lowest BCUT2D eigenvalue weighted by Crippen LogP contribution is -2.42. The fourth-order valence-electron chi connectivity index (χ4n) is 4.08. The molecule has 1 aromatic rings. The highest BCUT2D eigenvalue weighted by Gasteiger charge is 2.35. The van der Waals surface area contributed by atoms with Gasteiger partial charge >= 0.3 is 0 Å². The molecule has 0 aromatic heterocycles. The van der Waals surface area contributed by atoms with Crippen molar-refractivity contribution >= 4 is 15.9 Å². The van der Waals surface area contributed by atoms with Crippen molar-refractivity contribution in [1.82, 2.24) is 9.21 Å². The van der Waals surface area contributed by atoms with E-state index in [4.69, 9.17) is 0 Å². The predicted molar refractivity (Wildman–Crippen MR) is 107 cm³/mol. The maximum atomic E-state index is 13.1. The summed E-state index contributed by atoms with van der Waals surface area (Å²) in [6.45, 7) is 10.2. The van der Waals surface area contributed by atoms with Crippen molar-refractivity contribution < 1.29 is 13.2 Å². The summed E-state index contributed by atoms with van der Waals surface area (Å²) < 4.78 is 27.9. The minimum atomic E-state index is -3.57. The van der Waals surface area contributed by atoms with Crippen LogP contribution < -0.4 is 0 Å². The van der Waals surface area contributed by atoms with Gasteiger partial charge in [0.25, 0.3) is 5.91 Å². The largest absolute Gasteiger partial charge is 0.335 e. The number of piperidine rings is 1. The topological polar surface area (TPSA) is 57.7 Å². The highest BCUT2D eigenvalue weighted by atomic mass is 32.2. The SMILES string of the molecule is CC(C)CN(C(=O)c1cccc(S(=O)(=O)N2CC(C)CC(C)C2)c1)C1CC1. The van der Waals surface area contributed by atoms with E-state index in [-0.39, 0.29) is 10.8 Å². The van der Waals surface area contributed by atoms with Gasteiger partial charge in [-0.3, -0.25) is 4.79 Å². The molecule has 2 unspecified atom stereocenters. The number of carbonyl (C=O) groups is 1. The Morgan fingerprint density at radius 1 is 1.19 bits per heavy atom. The van der Waals surface area contributed by atoms with Crippen molar-refractivity contribution in [2.24, 2.45) is 17.8 Å². The molecule has 2 atom stereocenters. The summed E-state index contributed by atoms with van der Waals surface area (Å²) in [5, 5.41) is 0. The summed E-state index contributed by atoms with van der Waals surface area (Å²) in [7, 11) is -3.57. The lowest BCUT2D eigenvalue weighted by Gasteiger charge is -2.34. The summed E-state index contributed by atoms with van der Waals surface area (Å²) in [5.41, 5.74) is 0.474. The van der Waals surface area contributed by atoms with E-state index < -0.39 is 10.0 Å². The van der Waals surface area contributed by atoms with E-state index in [1.807, 2.05) is 4.90 Å². The van der Waals surface area contributed by atoms with E-state index in [0.29, 0.717) is 49.0 Å². The molecule has 0 bridgehead atoms. The molecular weight excluding hydrogens is 360 g/mol. The van der Waals surface area contributed by atoms with Gasteiger partial charge in [0, 0.05) is 31.2 Å². The molecule has 1 saturated carbocycles. The fourth-order valence-corrected chi connectivity index (χ4v) is 5.81. The third-order valence-electron chi connectivity index (χ3n) is 5.36. The zero-order valence-corrected chi connectivity index (χ0v) is 17.7. The van der Waals surface area contributed by atoms with E-state index in [2.05, 4.69) is 27.7 Å². The molecule has 1 aliphatic carbocycles. The van der Waals surface area contributed by atoms with E-state index in [1.54, 1.807) is 28.6 Å². The molecule has 2 aliphatic rings. The van der Waals surface area contributed by atoms with Crippen molar-refractivity contribution in [2.45, 2.75) is 57.9 Å². The molecule has 150 valence electrons. The minimum Gasteiger partial charge on any atom is -0.335 e. The average Bonchev–Trinajstić information content (AvgIpc) is 3.43. The minimum absolute atomic E-state index is 0.0522. The van der Waals surface area contributed by atoms with Crippen LogP contribution in [0.1, 0.15) is 57.3 Å². The third kappa shape index (κ3) is 4.72. The van der Waals surface area contributed by atoms with Crippen LogP contribution >= 0.6 is 0 Å². The zero-order chi connectivity index (χ0) is 19.8. The van der Waals surface area contributed by atoms with Crippen LogP contribution in [0, 0.1) is 17.8 Å². The van der Waals surface area contributed by atoms with Crippen molar-refractivity contribution in [3.8, 4) is 0 Å². The molecule has 1 aromatic carbocycles. The number of rotatable bonds is 6. The van der Waals surface area contributed by atoms with Crippen LogP contribution in [0.25, 0.3) is 0 Å². The van der Waals surface area contributed by atoms with Crippen LogP contribution in [0.15, 0.2) is 29.2 Å². The molecule has 1 amide bonds. The standard InChI is InChI=1S/C21H32N2O3S/c1-15(2)12-23(19-8-9-19)21(24)18-6-5-7-20(11-18)27(25,26)22-13-16(3)10-17(4)14-22/h5-7,11,15-17,19H,8-10,12-14H2,1-4H3. The number of sulfonamides is 1. The maximum Gasteiger partial charge on any atom is 0.254 e. The molecule has 2 fully saturated rings. The Labute approximate surface area is 163 Å². The Hall–Kier alpha value is -1.40. The molecule has 1 saturated heterocycles. The van der Waals surface area contributed by atoms with Crippen molar-refractivity contribution in [1.29, 1.82) is 0 Å². The highest BCUT2D eigenvalue weighted by molar-refractivity contribution is 7.89. The lowest BCUT2D eigenvalue weighted by atomic mass is 9.94. The first-order valence-corrected chi connectivity index (χ1v) is 11.5. The molecule has 0 radical (unpaired) electrons. The molecular formula is C21H32N2O3S. The summed E-state index contributed by atoms with van der Waals surface area (Å²) in [5.74, 6) is 1.04. The monoisotopic (exact) mass is 392 g/mol. The Morgan fingerprint density at radius 3 is 2.37 bits per heavy atom. The van der Waals surface area contributed by atoms with Gasteiger partial charge in [0.2, 0.25) is 10.0 Å². The number of hydrogen-bond donors (Lipinski definition) is 0. The molecule has 27 heavy (non-hydrogen) atoms. The summed E-state index contributed by atoms with van der Waals surface area (Å²) >= 11 is 0. The second-order valence-corrected chi connectivity index (χ2v) is 10.8. The molecule has 1 aliphatic heterocycles. The van der Waals surface area contributed by atoms with Gasteiger partial charge in [-0.2, -0.15) is 4.31 Å². The third-order valence-corrected chi connectivity index (χ3v) is 7.19.